The third-order valence-electron chi connectivity index (χ3n) is 8.29. The Morgan fingerprint density at radius 3 is 1.28 bits per heavy atom. The minimum atomic E-state index is -1.56. The Labute approximate surface area is 271 Å². The number of benzene rings is 4. The molecule has 2 heterocycles. The molecule has 0 fully saturated rings. The first-order valence-electron chi connectivity index (χ1n) is 15.2. The standard InChI is InChI=1S/C38H31FN2O6/c1-3-38(39,27-6-14-31(15-7-27)47-33-18-10-29(11-19-33)41-36(44)22-23-37(41)45)24-25(2)26-4-12-30(13-5-26)46-32-16-8-28(9-17-32)40-34(42)20-21-35(40)43/h4-23,25H,3,24H2,1-2H3. The average Bonchev–Trinajstić information content (AvgIpc) is 3.60. The van der Waals surface area contributed by atoms with E-state index in [1.165, 1.54) is 24.3 Å². The largest absolute Gasteiger partial charge is 0.457 e. The number of halogens is 1. The molecule has 0 saturated carbocycles. The van der Waals surface area contributed by atoms with Crippen molar-refractivity contribution in [2.24, 2.45) is 0 Å². The van der Waals surface area contributed by atoms with Crippen LogP contribution in [0, 0.1) is 0 Å². The lowest BCUT2D eigenvalue weighted by Gasteiger charge is -2.28. The highest BCUT2D eigenvalue weighted by Crippen LogP contribution is 2.41. The SMILES string of the molecule is CCC(F)(CC(C)c1ccc(Oc2ccc(N3C(=O)C=CC3=O)cc2)cc1)c1ccc(Oc2ccc(N3C(=O)C=CC3=O)cc2)cc1. The average molecular weight is 631 g/mol. The van der Waals surface area contributed by atoms with E-state index < -0.39 is 5.67 Å². The van der Waals surface area contributed by atoms with Crippen LogP contribution >= 0.6 is 0 Å². The number of alkyl halides is 1. The maximum Gasteiger partial charge on any atom is 0.258 e. The van der Waals surface area contributed by atoms with Gasteiger partial charge in [0.05, 0.1) is 11.4 Å². The molecule has 2 unspecified atom stereocenters. The molecule has 4 aromatic rings. The number of carbonyl (C=O) groups excluding carboxylic acids is 4. The maximum atomic E-state index is 16.4. The number of amides is 4. The first-order chi connectivity index (χ1) is 22.6. The lowest BCUT2D eigenvalue weighted by atomic mass is 9.82. The van der Waals surface area contributed by atoms with Crippen LogP contribution in [0.1, 0.15) is 43.7 Å². The molecule has 0 saturated heterocycles. The minimum absolute atomic E-state index is 0.0866. The van der Waals surface area contributed by atoms with Gasteiger partial charge in [0.25, 0.3) is 23.6 Å². The summed E-state index contributed by atoms with van der Waals surface area (Å²) >= 11 is 0. The summed E-state index contributed by atoms with van der Waals surface area (Å²) in [4.78, 5) is 49.8. The van der Waals surface area contributed by atoms with Crippen LogP contribution in [0.15, 0.2) is 121 Å². The summed E-state index contributed by atoms with van der Waals surface area (Å²) in [6.45, 7) is 3.83. The molecule has 47 heavy (non-hydrogen) atoms. The van der Waals surface area contributed by atoms with Crippen molar-refractivity contribution in [1.29, 1.82) is 0 Å². The van der Waals surface area contributed by atoms with E-state index in [2.05, 4.69) is 0 Å². The molecular formula is C38H31FN2O6. The quantitative estimate of drug-likeness (QED) is 0.157. The fourth-order valence-electron chi connectivity index (χ4n) is 5.66. The number of anilines is 2. The van der Waals surface area contributed by atoms with Crippen molar-refractivity contribution in [2.75, 3.05) is 9.80 Å². The lowest BCUT2D eigenvalue weighted by molar-refractivity contribution is -0.121. The highest BCUT2D eigenvalue weighted by Gasteiger charge is 2.32. The highest BCUT2D eigenvalue weighted by molar-refractivity contribution is 6.28. The van der Waals surface area contributed by atoms with Crippen molar-refractivity contribution >= 4 is 35.0 Å². The van der Waals surface area contributed by atoms with Gasteiger partial charge in [-0.15, -0.1) is 0 Å². The van der Waals surface area contributed by atoms with E-state index in [1.54, 1.807) is 72.8 Å². The molecule has 0 N–H and O–H groups in total. The summed E-state index contributed by atoms with van der Waals surface area (Å²) in [6.07, 6.45) is 5.51. The minimum Gasteiger partial charge on any atom is -0.457 e. The zero-order chi connectivity index (χ0) is 33.1. The Balaban J connectivity index is 1.05. The van der Waals surface area contributed by atoms with Gasteiger partial charge in [-0.1, -0.05) is 38.1 Å². The van der Waals surface area contributed by atoms with Crippen LogP contribution in [-0.2, 0) is 24.8 Å². The second-order valence-electron chi connectivity index (χ2n) is 11.4. The summed E-state index contributed by atoms with van der Waals surface area (Å²) in [5.74, 6) is 0.573. The van der Waals surface area contributed by atoms with E-state index in [9.17, 15) is 19.2 Å². The molecule has 0 bridgehead atoms. The fourth-order valence-corrected chi connectivity index (χ4v) is 5.66. The monoisotopic (exact) mass is 630 g/mol. The van der Waals surface area contributed by atoms with Gasteiger partial charge >= 0.3 is 0 Å². The summed E-state index contributed by atoms with van der Waals surface area (Å²) in [7, 11) is 0. The maximum absolute atomic E-state index is 16.4. The number of hydrogen-bond donors (Lipinski definition) is 0. The molecule has 2 aliphatic heterocycles. The van der Waals surface area contributed by atoms with Gasteiger partial charge in [0.2, 0.25) is 0 Å². The van der Waals surface area contributed by atoms with Crippen molar-refractivity contribution < 1.29 is 33.0 Å². The lowest BCUT2D eigenvalue weighted by Crippen LogP contribution is -2.29. The van der Waals surface area contributed by atoms with Gasteiger partial charge in [-0.05, 0) is 103 Å². The molecule has 4 aromatic carbocycles. The third-order valence-corrected chi connectivity index (χ3v) is 8.29. The Morgan fingerprint density at radius 2 is 0.915 bits per heavy atom. The van der Waals surface area contributed by atoms with Crippen molar-refractivity contribution in [2.45, 2.75) is 38.3 Å². The number of carbonyl (C=O) groups is 4. The third kappa shape index (κ3) is 6.60. The predicted octanol–water partition coefficient (Wildman–Crippen LogP) is 7.90. The van der Waals surface area contributed by atoms with Crippen LogP contribution < -0.4 is 19.3 Å². The predicted molar refractivity (Wildman–Crippen MR) is 175 cm³/mol. The second-order valence-corrected chi connectivity index (χ2v) is 11.4. The first kappa shape index (κ1) is 31.2. The van der Waals surface area contributed by atoms with E-state index >= 15 is 4.39 Å². The molecule has 0 radical (unpaired) electrons. The number of rotatable bonds is 11. The van der Waals surface area contributed by atoms with Gasteiger partial charge in [-0.3, -0.25) is 19.2 Å². The molecule has 0 aliphatic carbocycles. The summed E-state index contributed by atoms with van der Waals surface area (Å²) in [5, 5.41) is 0. The molecule has 2 atom stereocenters. The van der Waals surface area contributed by atoms with E-state index in [1.807, 2.05) is 38.1 Å². The summed E-state index contributed by atoms with van der Waals surface area (Å²) < 4.78 is 28.3. The Morgan fingerprint density at radius 1 is 0.574 bits per heavy atom. The molecule has 236 valence electrons. The van der Waals surface area contributed by atoms with Crippen LogP contribution in [0.5, 0.6) is 23.0 Å². The molecule has 0 spiro atoms. The van der Waals surface area contributed by atoms with Gasteiger partial charge in [0, 0.05) is 24.3 Å². The van der Waals surface area contributed by atoms with Crippen molar-refractivity contribution in [3.8, 4) is 23.0 Å². The van der Waals surface area contributed by atoms with E-state index in [0.29, 0.717) is 46.4 Å². The molecule has 6 rings (SSSR count). The van der Waals surface area contributed by atoms with Gasteiger partial charge < -0.3 is 9.47 Å². The van der Waals surface area contributed by atoms with E-state index in [4.69, 9.17) is 9.47 Å². The van der Waals surface area contributed by atoms with Crippen LogP contribution in [0.25, 0.3) is 0 Å². The molecule has 0 aromatic heterocycles. The van der Waals surface area contributed by atoms with Crippen molar-refractivity contribution in [3.05, 3.63) is 132 Å². The van der Waals surface area contributed by atoms with Gasteiger partial charge in [0.15, 0.2) is 0 Å². The first-order valence-corrected chi connectivity index (χ1v) is 15.2. The summed E-state index contributed by atoms with van der Waals surface area (Å²) in [6, 6.07) is 27.7. The van der Waals surface area contributed by atoms with Crippen LogP contribution in [0.4, 0.5) is 15.8 Å². The van der Waals surface area contributed by atoms with E-state index in [-0.39, 0.29) is 36.0 Å². The number of ether oxygens (including phenoxy) is 2. The Hall–Kier alpha value is -5.83. The summed E-state index contributed by atoms with van der Waals surface area (Å²) in [5.41, 5.74) is 0.888. The molecule has 8 nitrogen and oxygen atoms in total. The number of nitrogens with zero attached hydrogens (tertiary/aromatic N) is 2. The topological polar surface area (TPSA) is 93.2 Å². The molecule has 9 heteroatoms. The molecule has 4 amide bonds. The van der Waals surface area contributed by atoms with Gasteiger partial charge in [-0.25, -0.2) is 14.2 Å². The van der Waals surface area contributed by atoms with Crippen molar-refractivity contribution in [1.82, 2.24) is 0 Å². The zero-order valence-corrected chi connectivity index (χ0v) is 25.8. The van der Waals surface area contributed by atoms with E-state index in [0.717, 1.165) is 15.4 Å². The van der Waals surface area contributed by atoms with Crippen LogP contribution in [0.3, 0.4) is 0 Å². The zero-order valence-electron chi connectivity index (χ0n) is 25.8. The second kappa shape index (κ2) is 12.9. The molecule has 2 aliphatic rings. The Kier molecular flexibility index (Phi) is 8.54. The fraction of sp³-hybridized carbons (Fsp3) is 0.158. The van der Waals surface area contributed by atoms with Crippen LogP contribution in [-0.4, -0.2) is 23.6 Å². The normalized spacial score (nSPS) is 16.1. The molecular weight excluding hydrogens is 599 g/mol. The Bertz CT molecular complexity index is 1850. The van der Waals surface area contributed by atoms with Gasteiger partial charge in [-0.2, -0.15) is 0 Å². The van der Waals surface area contributed by atoms with Crippen molar-refractivity contribution in [3.63, 3.8) is 0 Å². The van der Waals surface area contributed by atoms with Gasteiger partial charge in [0.1, 0.15) is 28.7 Å². The smallest absolute Gasteiger partial charge is 0.258 e. The number of hydrogen-bond acceptors (Lipinski definition) is 6. The van der Waals surface area contributed by atoms with Crippen LogP contribution in [0.2, 0.25) is 0 Å². The highest BCUT2D eigenvalue weighted by atomic mass is 19.1. The number of imide groups is 2.